The quantitative estimate of drug-likeness (QED) is 0.635. The van der Waals surface area contributed by atoms with Gasteiger partial charge in [-0.25, -0.2) is 4.79 Å². The molecule has 0 fully saturated rings. The fourth-order valence-corrected chi connectivity index (χ4v) is 2.96. The monoisotopic (exact) mass is 289 g/mol. The van der Waals surface area contributed by atoms with Gasteiger partial charge in [0.25, 0.3) is 0 Å². The van der Waals surface area contributed by atoms with Crippen LogP contribution in [0.1, 0.15) is 21.6 Å². The van der Waals surface area contributed by atoms with Gasteiger partial charge in [0.05, 0.1) is 12.2 Å². The van der Waals surface area contributed by atoms with E-state index in [1.54, 1.807) is 36.5 Å². The molecule has 2 aromatic rings. The van der Waals surface area contributed by atoms with E-state index in [2.05, 4.69) is 6.07 Å². The van der Waals surface area contributed by atoms with Crippen LogP contribution in [-0.4, -0.2) is 12.6 Å². The number of esters is 1. The number of ether oxygens (including phenoxy) is 1. The highest BCUT2D eigenvalue weighted by atomic mass is 32.1. The van der Waals surface area contributed by atoms with Crippen molar-refractivity contribution in [3.63, 3.8) is 0 Å². The molecule has 0 amide bonds. The summed E-state index contributed by atoms with van der Waals surface area (Å²) in [6.45, 7) is 2.10. The minimum Gasteiger partial charge on any atom is -0.462 e. The van der Waals surface area contributed by atoms with Crippen LogP contribution >= 0.6 is 22.7 Å². The molecule has 0 saturated heterocycles. The van der Waals surface area contributed by atoms with Crippen LogP contribution in [0, 0.1) is 11.3 Å². The molecule has 2 heterocycles. The molecule has 2 rings (SSSR count). The summed E-state index contributed by atoms with van der Waals surface area (Å²) in [5.41, 5.74) is 0.496. The van der Waals surface area contributed by atoms with Gasteiger partial charge in [0.1, 0.15) is 10.9 Å². The van der Waals surface area contributed by atoms with E-state index in [0.29, 0.717) is 17.1 Å². The summed E-state index contributed by atoms with van der Waals surface area (Å²) < 4.78 is 5.07. The Hall–Kier alpha value is -1.90. The van der Waals surface area contributed by atoms with Crippen molar-refractivity contribution in [2.24, 2.45) is 0 Å². The van der Waals surface area contributed by atoms with Crippen molar-refractivity contribution in [1.29, 1.82) is 5.26 Å². The maximum Gasteiger partial charge on any atom is 0.339 e. The summed E-state index contributed by atoms with van der Waals surface area (Å²) in [5.74, 6) is -0.359. The van der Waals surface area contributed by atoms with Crippen LogP contribution in [0.4, 0.5) is 0 Å². The van der Waals surface area contributed by atoms with Crippen molar-refractivity contribution in [2.75, 3.05) is 6.61 Å². The lowest BCUT2D eigenvalue weighted by atomic mass is 10.2. The van der Waals surface area contributed by atoms with E-state index in [0.717, 1.165) is 9.75 Å². The van der Waals surface area contributed by atoms with Crippen molar-refractivity contribution >= 4 is 40.3 Å². The third-order valence-corrected chi connectivity index (χ3v) is 4.15. The first kappa shape index (κ1) is 13.5. The van der Waals surface area contributed by atoms with Crippen LogP contribution in [-0.2, 0) is 9.53 Å². The van der Waals surface area contributed by atoms with E-state index in [9.17, 15) is 4.79 Å². The summed E-state index contributed by atoms with van der Waals surface area (Å²) in [6.07, 6.45) is 1.80. The van der Waals surface area contributed by atoms with Crippen molar-refractivity contribution in [2.45, 2.75) is 6.92 Å². The predicted octanol–water partition coefficient (Wildman–Crippen LogP) is 3.78. The van der Waals surface area contributed by atoms with Crippen LogP contribution in [0.2, 0.25) is 0 Å². The number of carbonyl (C=O) groups excluding carboxylic acids is 1. The molecule has 19 heavy (non-hydrogen) atoms. The zero-order chi connectivity index (χ0) is 13.7. The molecule has 0 aliphatic rings. The molecule has 0 atom stereocenters. The molecule has 0 aliphatic heterocycles. The van der Waals surface area contributed by atoms with Gasteiger partial charge >= 0.3 is 5.97 Å². The summed E-state index contributed by atoms with van der Waals surface area (Å²) >= 11 is 2.84. The zero-order valence-corrected chi connectivity index (χ0v) is 11.9. The standard InChI is InChI=1S/C14H11NO2S2/c1-2-17-14(16)12(8-10-4-3-7-18-10)13-6-5-11(9-15)19-13/h3-8H,2H2,1H3/b12-8+. The minimum absolute atomic E-state index is 0.330. The summed E-state index contributed by atoms with van der Waals surface area (Å²) in [4.78, 5) is 14.3. The van der Waals surface area contributed by atoms with Gasteiger partial charge < -0.3 is 4.74 Å². The molecule has 96 valence electrons. The highest BCUT2D eigenvalue weighted by molar-refractivity contribution is 7.14. The molecule has 0 bridgehead atoms. The third kappa shape index (κ3) is 3.31. The Balaban J connectivity index is 2.40. The number of carbonyl (C=O) groups is 1. The first-order valence-electron chi connectivity index (χ1n) is 5.67. The fraction of sp³-hybridized carbons (Fsp3) is 0.143. The average Bonchev–Trinajstić information content (AvgIpc) is 3.07. The first-order chi connectivity index (χ1) is 9.24. The van der Waals surface area contributed by atoms with Gasteiger partial charge in [-0.05, 0) is 36.6 Å². The number of hydrogen-bond acceptors (Lipinski definition) is 5. The van der Waals surface area contributed by atoms with E-state index in [1.165, 1.54) is 11.3 Å². The summed E-state index contributed by atoms with van der Waals surface area (Å²) in [5, 5.41) is 10.8. The Kier molecular flexibility index (Phi) is 4.50. The Bertz CT molecular complexity index is 633. The zero-order valence-electron chi connectivity index (χ0n) is 10.3. The molecule has 0 aromatic carbocycles. The van der Waals surface area contributed by atoms with Crippen LogP contribution in [0.25, 0.3) is 11.6 Å². The van der Waals surface area contributed by atoms with Crippen molar-refractivity contribution < 1.29 is 9.53 Å². The topological polar surface area (TPSA) is 50.1 Å². The lowest BCUT2D eigenvalue weighted by Gasteiger charge is -2.04. The molecule has 0 spiro atoms. The molecule has 0 N–H and O–H groups in total. The van der Waals surface area contributed by atoms with Gasteiger partial charge in [-0.1, -0.05) is 6.07 Å². The largest absolute Gasteiger partial charge is 0.462 e. The third-order valence-electron chi connectivity index (χ3n) is 2.31. The van der Waals surface area contributed by atoms with Gasteiger partial charge in [-0.2, -0.15) is 5.26 Å². The minimum atomic E-state index is -0.359. The number of nitriles is 1. The molecule has 0 unspecified atom stereocenters. The fourth-order valence-electron chi connectivity index (χ4n) is 1.50. The second kappa shape index (κ2) is 6.32. The molecule has 0 saturated carbocycles. The van der Waals surface area contributed by atoms with E-state index in [1.807, 2.05) is 17.5 Å². The Morgan fingerprint density at radius 3 is 2.89 bits per heavy atom. The highest BCUT2D eigenvalue weighted by Gasteiger charge is 2.15. The average molecular weight is 289 g/mol. The van der Waals surface area contributed by atoms with Gasteiger partial charge in [0.15, 0.2) is 0 Å². The van der Waals surface area contributed by atoms with Crippen LogP contribution in [0.5, 0.6) is 0 Å². The molecular weight excluding hydrogens is 278 g/mol. The van der Waals surface area contributed by atoms with E-state index < -0.39 is 0 Å². The van der Waals surface area contributed by atoms with Crippen molar-refractivity contribution in [1.82, 2.24) is 0 Å². The SMILES string of the molecule is CCOC(=O)/C(=C/c1cccs1)c1ccc(C#N)s1. The second-order valence-corrected chi connectivity index (χ2v) is 5.63. The van der Waals surface area contributed by atoms with Gasteiger partial charge in [-0.3, -0.25) is 0 Å². The number of nitrogens with zero attached hydrogens (tertiary/aromatic N) is 1. The number of rotatable bonds is 4. The van der Waals surface area contributed by atoms with Crippen molar-refractivity contribution in [3.8, 4) is 6.07 Å². The molecule has 5 heteroatoms. The smallest absolute Gasteiger partial charge is 0.339 e. The Morgan fingerprint density at radius 1 is 1.47 bits per heavy atom. The molecule has 3 nitrogen and oxygen atoms in total. The Morgan fingerprint density at radius 2 is 2.32 bits per heavy atom. The maximum atomic E-state index is 12.0. The highest BCUT2D eigenvalue weighted by Crippen LogP contribution is 2.28. The van der Waals surface area contributed by atoms with E-state index in [4.69, 9.17) is 10.00 Å². The van der Waals surface area contributed by atoms with Crippen LogP contribution in [0.15, 0.2) is 29.6 Å². The van der Waals surface area contributed by atoms with Gasteiger partial charge in [0.2, 0.25) is 0 Å². The van der Waals surface area contributed by atoms with Crippen LogP contribution in [0.3, 0.4) is 0 Å². The van der Waals surface area contributed by atoms with E-state index in [-0.39, 0.29) is 5.97 Å². The molecule has 0 aliphatic carbocycles. The Labute approximate surface area is 119 Å². The second-order valence-electron chi connectivity index (χ2n) is 3.57. The lowest BCUT2D eigenvalue weighted by Crippen LogP contribution is -2.05. The predicted molar refractivity (Wildman–Crippen MR) is 77.9 cm³/mol. The summed E-state index contributed by atoms with van der Waals surface area (Å²) in [6, 6.07) is 9.42. The molecule has 2 aromatic heterocycles. The lowest BCUT2D eigenvalue weighted by molar-refractivity contribution is -0.136. The normalized spacial score (nSPS) is 11.1. The molecule has 0 radical (unpaired) electrons. The first-order valence-corrected chi connectivity index (χ1v) is 7.37. The number of hydrogen-bond donors (Lipinski definition) is 0. The molecular formula is C14H11NO2S2. The summed E-state index contributed by atoms with van der Waals surface area (Å²) in [7, 11) is 0. The van der Waals surface area contributed by atoms with E-state index >= 15 is 0 Å². The maximum absolute atomic E-state index is 12.0. The number of thiophene rings is 2. The van der Waals surface area contributed by atoms with Crippen molar-refractivity contribution in [3.05, 3.63) is 44.3 Å². The van der Waals surface area contributed by atoms with Gasteiger partial charge in [0, 0.05) is 9.75 Å². The van der Waals surface area contributed by atoms with Gasteiger partial charge in [-0.15, -0.1) is 22.7 Å². The van der Waals surface area contributed by atoms with Crippen LogP contribution < -0.4 is 0 Å².